The summed E-state index contributed by atoms with van der Waals surface area (Å²) in [5, 5.41) is 9.65. The summed E-state index contributed by atoms with van der Waals surface area (Å²) in [5.41, 5.74) is 10.3. The van der Waals surface area contributed by atoms with Gasteiger partial charge in [0, 0.05) is 23.5 Å². The maximum absolute atomic E-state index is 12.2. The van der Waals surface area contributed by atoms with Crippen LogP contribution in [0.5, 0.6) is 5.75 Å². The Morgan fingerprint density at radius 2 is 1.76 bits per heavy atom. The van der Waals surface area contributed by atoms with Gasteiger partial charge in [-0.3, -0.25) is 0 Å². The van der Waals surface area contributed by atoms with Crippen LogP contribution in [0.2, 0.25) is 0 Å². The number of nitrogens with zero attached hydrogens (tertiary/aromatic N) is 5. The van der Waals surface area contributed by atoms with E-state index in [4.69, 9.17) is 5.73 Å². The first-order chi connectivity index (χ1) is 18.3. The van der Waals surface area contributed by atoms with Crippen molar-refractivity contribution in [2.24, 2.45) is 25.9 Å². The Morgan fingerprint density at radius 3 is 2.47 bits per heavy atom. The topological polar surface area (TPSA) is 87.9 Å². The van der Waals surface area contributed by atoms with Gasteiger partial charge in [-0.1, -0.05) is 54.2 Å². The minimum absolute atomic E-state index is 0.238. The SMILES string of the molecule is Cc1ccccc1N1CCCS/C1=N/N=C\c1ccc(C(N)=NC=Nc2ccc(OC(F)(F)F)cc2)cc1. The third-order valence-corrected chi connectivity index (χ3v) is 6.48. The van der Waals surface area contributed by atoms with E-state index in [9.17, 15) is 13.2 Å². The number of aryl methyl sites for hydroxylation is 1. The van der Waals surface area contributed by atoms with Gasteiger partial charge in [0.05, 0.1) is 11.9 Å². The van der Waals surface area contributed by atoms with E-state index in [1.165, 1.54) is 36.2 Å². The summed E-state index contributed by atoms with van der Waals surface area (Å²) in [4.78, 5) is 10.4. The molecule has 0 spiro atoms. The van der Waals surface area contributed by atoms with E-state index in [2.05, 4.69) is 48.9 Å². The highest BCUT2D eigenvalue weighted by atomic mass is 32.2. The monoisotopic (exact) mass is 538 g/mol. The number of ether oxygens (including phenoxy) is 1. The van der Waals surface area contributed by atoms with Crippen LogP contribution in [0.3, 0.4) is 0 Å². The quantitative estimate of drug-likeness (QED) is 0.218. The van der Waals surface area contributed by atoms with Crippen LogP contribution in [-0.2, 0) is 0 Å². The van der Waals surface area contributed by atoms with Crippen molar-refractivity contribution in [2.75, 3.05) is 17.2 Å². The van der Waals surface area contributed by atoms with Gasteiger partial charge in [0.1, 0.15) is 17.9 Å². The second kappa shape index (κ2) is 12.4. The maximum atomic E-state index is 12.2. The number of benzene rings is 3. The van der Waals surface area contributed by atoms with Crippen LogP contribution in [0.1, 0.15) is 23.1 Å². The molecule has 7 nitrogen and oxygen atoms in total. The van der Waals surface area contributed by atoms with Gasteiger partial charge >= 0.3 is 6.36 Å². The molecule has 3 aromatic rings. The Bertz CT molecular complexity index is 1350. The van der Waals surface area contributed by atoms with Crippen LogP contribution < -0.4 is 15.4 Å². The van der Waals surface area contributed by atoms with Crippen LogP contribution in [0.4, 0.5) is 24.5 Å². The number of amidine groups is 2. The zero-order valence-electron chi connectivity index (χ0n) is 20.5. The molecule has 1 saturated heterocycles. The van der Waals surface area contributed by atoms with Gasteiger partial charge in [-0.15, -0.1) is 18.3 Å². The largest absolute Gasteiger partial charge is 0.573 e. The van der Waals surface area contributed by atoms with E-state index in [0.29, 0.717) is 11.3 Å². The van der Waals surface area contributed by atoms with Crippen molar-refractivity contribution in [2.45, 2.75) is 19.7 Å². The van der Waals surface area contributed by atoms with Crippen molar-refractivity contribution >= 4 is 46.7 Å². The lowest BCUT2D eigenvalue weighted by molar-refractivity contribution is -0.274. The van der Waals surface area contributed by atoms with E-state index in [0.717, 1.165) is 35.1 Å². The summed E-state index contributed by atoms with van der Waals surface area (Å²) in [5.74, 6) is 0.920. The summed E-state index contributed by atoms with van der Waals surface area (Å²) < 4.78 is 40.6. The number of aliphatic imine (C=N–C) groups is 2. The molecular weight excluding hydrogens is 513 g/mol. The van der Waals surface area contributed by atoms with Crippen molar-refractivity contribution in [1.29, 1.82) is 0 Å². The molecule has 3 aromatic carbocycles. The average Bonchev–Trinajstić information content (AvgIpc) is 2.90. The van der Waals surface area contributed by atoms with Gasteiger partial charge in [0.25, 0.3) is 0 Å². The molecule has 0 radical (unpaired) electrons. The molecule has 1 heterocycles. The zero-order valence-corrected chi connectivity index (χ0v) is 21.3. The van der Waals surface area contributed by atoms with Crippen molar-refractivity contribution in [3.63, 3.8) is 0 Å². The molecule has 11 heteroatoms. The fourth-order valence-electron chi connectivity index (χ4n) is 3.58. The molecule has 1 aliphatic heterocycles. The van der Waals surface area contributed by atoms with E-state index in [-0.39, 0.29) is 11.6 Å². The lowest BCUT2D eigenvalue weighted by Gasteiger charge is -2.30. The lowest BCUT2D eigenvalue weighted by atomic mass is 10.1. The molecule has 0 aliphatic carbocycles. The Kier molecular flexibility index (Phi) is 8.80. The zero-order chi connectivity index (χ0) is 27.0. The fourth-order valence-corrected chi connectivity index (χ4v) is 4.49. The number of thioether (sulfide) groups is 1. The molecule has 38 heavy (non-hydrogen) atoms. The normalized spacial score (nSPS) is 16.1. The van der Waals surface area contributed by atoms with Gasteiger partial charge < -0.3 is 15.4 Å². The van der Waals surface area contributed by atoms with E-state index < -0.39 is 6.36 Å². The number of rotatable bonds is 7. The molecule has 0 atom stereocenters. The number of alkyl halides is 3. The Hall–Kier alpha value is -4.12. The standard InChI is InChI=1S/C27H25F3N6OS/c1-19-5-2-3-6-24(19)36-15-4-16-38-26(36)35-34-17-20-7-9-21(10-8-20)25(31)33-18-32-22-11-13-23(14-12-22)37-27(28,29)30/h2-3,5-14,17-18H,4,15-16H2,1H3,(H2,31,32,33)/b34-17-,35-26+. The van der Waals surface area contributed by atoms with Crippen molar-refractivity contribution in [1.82, 2.24) is 0 Å². The summed E-state index contributed by atoms with van der Waals surface area (Å²) in [7, 11) is 0. The molecule has 2 N–H and O–H groups in total. The first-order valence-electron chi connectivity index (χ1n) is 11.7. The molecule has 0 saturated carbocycles. The first-order valence-corrected chi connectivity index (χ1v) is 12.7. The molecule has 1 aliphatic rings. The van der Waals surface area contributed by atoms with Crippen LogP contribution in [0.15, 0.2) is 93.0 Å². The molecular formula is C27H25F3N6OS. The Labute approximate surface area is 222 Å². The number of hydrogen-bond donors (Lipinski definition) is 1. The molecule has 1 fully saturated rings. The third-order valence-electron chi connectivity index (χ3n) is 5.42. The molecule has 4 rings (SSSR count). The highest BCUT2D eigenvalue weighted by Crippen LogP contribution is 2.28. The average molecular weight is 539 g/mol. The highest BCUT2D eigenvalue weighted by molar-refractivity contribution is 8.14. The van der Waals surface area contributed by atoms with Crippen LogP contribution in [0.25, 0.3) is 0 Å². The van der Waals surface area contributed by atoms with Crippen LogP contribution in [-0.4, -0.2) is 42.2 Å². The highest BCUT2D eigenvalue weighted by Gasteiger charge is 2.30. The predicted octanol–water partition coefficient (Wildman–Crippen LogP) is 6.29. The molecule has 196 valence electrons. The van der Waals surface area contributed by atoms with E-state index in [1.807, 2.05) is 24.3 Å². The Balaban J connectivity index is 1.37. The van der Waals surface area contributed by atoms with Crippen LogP contribution >= 0.6 is 11.8 Å². The van der Waals surface area contributed by atoms with Crippen LogP contribution in [0, 0.1) is 6.92 Å². The Morgan fingerprint density at radius 1 is 1.03 bits per heavy atom. The molecule has 0 amide bonds. The summed E-state index contributed by atoms with van der Waals surface area (Å²) in [6.07, 6.45) is -0.735. The number of para-hydroxylation sites is 1. The van der Waals surface area contributed by atoms with Crippen molar-refractivity contribution in [3.8, 4) is 5.75 Å². The van der Waals surface area contributed by atoms with Gasteiger partial charge in [0.15, 0.2) is 5.17 Å². The van der Waals surface area contributed by atoms with Gasteiger partial charge in [-0.05, 0) is 54.8 Å². The second-order valence-electron chi connectivity index (χ2n) is 8.19. The molecule has 0 aromatic heterocycles. The fraction of sp³-hybridized carbons (Fsp3) is 0.185. The van der Waals surface area contributed by atoms with E-state index in [1.54, 1.807) is 30.1 Å². The molecule has 0 unspecified atom stereocenters. The van der Waals surface area contributed by atoms with Gasteiger partial charge in [0.2, 0.25) is 0 Å². The number of halogens is 3. The molecule has 0 bridgehead atoms. The summed E-state index contributed by atoms with van der Waals surface area (Å²) >= 11 is 1.69. The predicted molar refractivity (Wildman–Crippen MR) is 149 cm³/mol. The van der Waals surface area contributed by atoms with Gasteiger partial charge in [-0.2, -0.15) is 5.10 Å². The summed E-state index contributed by atoms with van der Waals surface area (Å²) in [6, 6.07) is 20.7. The van der Waals surface area contributed by atoms with Crippen molar-refractivity contribution < 1.29 is 17.9 Å². The second-order valence-corrected chi connectivity index (χ2v) is 9.25. The smallest absolute Gasteiger partial charge is 0.406 e. The minimum atomic E-state index is -4.74. The van der Waals surface area contributed by atoms with Gasteiger partial charge in [-0.25, -0.2) is 9.98 Å². The summed E-state index contributed by atoms with van der Waals surface area (Å²) in [6.45, 7) is 2.99. The van der Waals surface area contributed by atoms with E-state index >= 15 is 0 Å². The maximum Gasteiger partial charge on any atom is 0.573 e. The lowest BCUT2D eigenvalue weighted by Crippen LogP contribution is -2.34. The number of anilines is 1. The number of hydrogen-bond acceptors (Lipinski definition) is 5. The minimum Gasteiger partial charge on any atom is -0.406 e. The third kappa shape index (κ3) is 7.69. The number of nitrogens with two attached hydrogens (primary N) is 1. The van der Waals surface area contributed by atoms with Crippen molar-refractivity contribution in [3.05, 3.63) is 89.5 Å². The first kappa shape index (κ1) is 26.9.